The summed E-state index contributed by atoms with van der Waals surface area (Å²) in [4.78, 5) is 17.9. The third-order valence-corrected chi connectivity index (χ3v) is 13.3. The first-order chi connectivity index (χ1) is 20.0. The molecule has 1 aromatic rings. The molecule has 1 aliphatic rings. The van der Waals surface area contributed by atoms with Crippen LogP contribution in [0.2, 0.25) is 18.1 Å². The monoisotopic (exact) mass is 615 g/mol. The lowest BCUT2D eigenvalue weighted by atomic mass is 9.88. The van der Waals surface area contributed by atoms with Crippen LogP contribution in [0.1, 0.15) is 93.2 Å². The molecule has 0 fully saturated rings. The van der Waals surface area contributed by atoms with Crippen LogP contribution in [0.25, 0.3) is 0 Å². The van der Waals surface area contributed by atoms with E-state index in [0.29, 0.717) is 19.4 Å². The number of rotatable bonds is 10. The lowest BCUT2D eigenvalue weighted by Gasteiger charge is -2.41. The van der Waals surface area contributed by atoms with Crippen molar-refractivity contribution >= 4 is 14.3 Å². The molecule has 43 heavy (non-hydrogen) atoms. The summed E-state index contributed by atoms with van der Waals surface area (Å²) in [5, 5.41) is 11.4. The Balaban J connectivity index is 2.42. The Morgan fingerprint density at radius 3 is 2.56 bits per heavy atom. The van der Waals surface area contributed by atoms with Gasteiger partial charge in [0, 0.05) is 30.3 Å². The average molecular weight is 616 g/mol. The largest absolute Gasteiger partial charge is 0.457 e. The smallest absolute Gasteiger partial charge is 0.308 e. The van der Waals surface area contributed by atoms with Crippen LogP contribution in [0, 0.1) is 5.92 Å². The second-order valence-electron chi connectivity index (χ2n) is 13.6. The molecule has 0 saturated carbocycles. The molecule has 0 radical (unpaired) electrons. The number of ether oxygens (including phenoxy) is 3. The fourth-order valence-electron chi connectivity index (χ4n) is 4.96. The van der Waals surface area contributed by atoms with Crippen molar-refractivity contribution in [1.82, 2.24) is 4.98 Å². The summed E-state index contributed by atoms with van der Waals surface area (Å²) >= 11 is 0. The number of nitrogens with zero attached hydrogens (tertiary/aromatic N) is 1. The first kappa shape index (κ1) is 37.1. The Bertz CT molecular complexity index is 1100. The average Bonchev–Trinajstić information content (AvgIpc) is 2.92. The van der Waals surface area contributed by atoms with Crippen LogP contribution in [-0.4, -0.2) is 61.2 Å². The summed E-state index contributed by atoms with van der Waals surface area (Å²) in [5.41, 5.74) is 0.963. The minimum absolute atomic E-state index is 0.0265. The summed E-state index contributed by atoms with van der Waals surface area (Å²) < 4.78 is 24.9. The van der Waals surface area contributed by atoms with Gasteiger partial charge in [0.05, 0.1) is 18.1 Å². The lowest BCUT2D eigenvalue weighted by Crippen LogP contribution is -2.47. The van der Waals surface area contributed by atoms with Crippen molar-refractivity contribution in [3.8, 4) is 0 Å². The number of hydrogen-bond donors (Lipinski definition) is 1. The van der Waals surface area contributed by atoms with Crippen molar-refractivity contribution in [2.45, 2.75) is 136 Å². The normalized spacial score (nSPS) is 28.9. The van der Waals surface area contributed by atoms with Crippen LogP contribution in [0.4, 0.5) is 0 Å². The third-order valence-electron chi connectivity index (χ3n) is 8.78. The van der Waals surface area contributed by atoms with Crippen LogP contribution >= 0.6 is 0 Å². The molecule has 1 aromatic heterocycles. The van der Waals surface area contributed by atoms with E-state index in [1.54, 1.807) is 12.3 Å². The molecule has 0 amide bonds. The molecular weight excluding hydrogens is 558 g/mol. The highest BCUT2D eigenvalue weighted by Crippen LogP contribution is 2.39. The third kappa shape index (κ3) is 11.4. The molecule has 0 aromatic carbocycles. The molecule has 0 bridgehead atoms. The van der Waals surface area contributed by atoms with Gasteiger partial charge in [-0.3, -0.25) is 9.78 Å². The zero-order valence-electron chi connectivity index (χ0n) is 28.4. The number of hydrogen-bond acceptors (Lipinski definition) is 7. The maximum Gasteiger partial charge on any atom is 0.308 e. The van der Waals surface area contributed by atoms with Crippen molar-refractivity contribution in [3.05, 3.63) is 66.0 Å². The van der Waals surface area contributed by atoms with E-state index in [2.05, 4.69) is 51.8 Å². The fraction of sp³-hybridized carbons (Fsp3) is 0.657. The Labute approximate surface area is 261 Å². The number of cyclic esters (lactones) is 1. The summed E-state index contributed by atoms with van der Waals surface area (Å²) in [7, 11) is -2.20. The van der Waals surface area contributed by atoms with Gasteiger partial charge in [-0.25, -0.2) is 0 Å². The van der Waals surface area contributed by atoms with E-state index in [1.807, 2.05) is 71.0 Å². The zero-order valence-corrected chi connectivity index (χ0v) is 29.4. The van der Waals surface area contributed by atoms with Crippen molar-refractivity contribution in [1.29, 1.82) is 0 Å². The first-order valence-electron chi connectivity index (χ1n) is 15.8. The van der Waals surface area contributed by atoms with Gasteiger partial charge in [-0.1, -0.05) is 71.1 Å². The standard InChI is InChI=1S/C35H57NO6Si/c1-12-39-28(5)41-35(9)22-21-29(42-43(10,11)34(6,7)8)24-32(38)40-33(27(4)19-20-31(35)37)26(3)17-15-16-25(2)30-18-13-14-23-36-30/h13-20,23,25,27-29,31,33,37H,12,21-22,24H2,1-11H3/b16-15+,20-19+,26-17+/t25-,27+,28?,29-,31+,33-,35-/m1/s1. The van der Waals surface area contributed by atoms with Gasteiger partial charge >= 0.3 is 5.97 Å². The predicted octanol–water partition coefficient (Wildman–Crippen LogP) is 7.88. The highest BCUT2D eigenvalue weighted by molar-refractivity contribution is 6.74. The number of esters is 1. The van der Waals surface area contributed by atoms with Crippen LogP contribution in [0.3, 0.4) is 0 Å². The van der Waals surface area contributed by atoms with E-state index >= 15 is 0 Å². The van der Waals surface area contributed by atoms with Gasteiger partial charge in [-0.15, -0.1) is 0 Å². The highest BCUT2D eigenvalue weighted by Gasteiger charge is 2.42. The van der Waals surface area contributed by atoms with Gasteiger partial charge in [0.15, 0.2) is 14.6 Å². The molecule has 2 rings (SSSR count). The molecule has 8 heteroatoms. The maximum absolute atomic E-state index is 13.5. The van der Waals surface area contributed by atoms with Crippen molar-refractivity contribution in [2.24, 2.45) is 5.92 Å². The van der Waals surface area contributed by atoms with E-state index < -0.39 is 32.4 Å². The Hall–Kier alpha value is -2.10. The maximum atomic E-state index is 13.5. The van der Waals surface area contributed by atoms with Gasteiger partial charge in [-0.2, -0.15) is 0 Å². The van der Waals surface area contributed by atoms with E-state index in [1.165, 1.54) is 0 Å². The van der Waals surface area contributed by atoms with Crippen molar-refractivity contribution < 1.29 is 28.5 Å². The first-order valence-corrected chi connectivity index (χ1v) is 18.7. The quantitative estimate of drug-likeness (QED) is 0.0942. The molecule has 1 unspecified atom stereocenters. The second kappa shape index (κ2) is 16.3. The molecule has 242 valence electrons. The lowest BCUT2D eigenvalue weighted by molar-refractivity contribution is -0.221. The van der Waals surface area contributed by atoms with Gasteiger partial charge in [-0.05, 0) is 76.4 Å². The molecule has 1 N–H and O–H groups in total. The molecule has 0 aliphatic carbocycles. The summed E-state index contributed by atoms with van der Waals surface area (Å²) in [6.07, 6.45) is 10.4. The highest BCUT2D eigenvalue weighted by atomic mass is 28.4. The van der Waals surface area contributed by atoms with Crippen LogP contribution in [0.15, 0.2) is 60.3 Å². The van der Waals surface area contributed by atoms with Gasteiger partial charge in [0.25, 0.3) is 0 Å². The van der Waals surface area contributed by atoms with Crippen molar-refractivity contribution in [3.63, 3.8) is 0 Å². The van der Waals surface area contributed by atoms with E-state index in [0.717, 1.165) is 11.3 Å². The van der Waals surface area contributed by atoms with E-state index in [-0.39, 0.29) is 35.4 Å². The van der Waals surface area contributed by atoms with Gasteiger partial charge < -0.3 is 23.7 Å². The number of aliphatic hydroxyl groups excluding tert-OH is 1. The predicted molar refractivity (Wildman–Crippen MR) is 176 cm³/mol. The fourth-order valence-corrected chi connectivity index (χ4v) is 6.34. The van der Waals surface area contributed by atoms with Crippen LogP contribution < -0.4 is 0 Å². The summed E-state index contributed by atoms with van der Waals surface area (Å²) in [6.45, 7) is 23.2. The molecule has 0 saturated heterocycles. The molecular formula is C35H57NO6Si. The zero-order chi connectivity index (χ0) is 32.4. The Morgan fingerprint density at radius 1 is 1.26 bits per heavy atom. The topological polar surface area (TPSA) is 87.1 Å². The molecule has 1 aliphatic heterocycles. The summed E-state index contributed by atoms with van der Waals surface area (Å²) in [5.74, 6) is -0.343. The van der Waals surface area contributed by atoms with Crippen molar-refractivity contribution in [2.75, 3.05) is 6.61 Å². The number of carbonyl (C=O) groups is 1. The number of allylic oxidation sites excluding steroid dienone is 3. The molecule has 7 atom stereocenters. The number of aromatic nitrogens is 1. The van der Waals surface area contributed by atoms with E-state index in [9.17, 15) is 9.90 Å². The van der Waals surface area contributed by atoms with Crippen LogP contribution in [-0.2, 0) is 23.4 Å². The van der Waals surface area contributed by atoms with Crippen LogP contribution in [0.5, 0.6) is 0 Å². The molecule has 7 nitrogen and oxygen atoms in total. The molecule has 0 spiro atoms. The van der Waals surface area contributed by atoms with Gasteiger partial charge in [0.2, 0.25) is 0 Å². The minimum atomic E-state index is -2.20. The number of carbonyl (C=O) groups excluding carboxylic acids is 1. The van der Waals surface area contributed by atoms with Gasteiger partial charge in [0.1, 0.15) is 12.2 Å². The van der Waals surface area contributed by atoms with E-state index in [4.69, 9.17) is 18.6 Å². The summed E-state index contributed by atoms with van der Waals surface area (Å²) in [6, 6.07) is 5.90. The Morgan fingerprint density at radius 2 is 1.95 bits per heavy atom. The Kier molecular flexibility index (Phi) is 14.0. The molecule has 2 heterocycles. The number of pyridine rings is 1. The number of aliphatic hydroxyl groups is 1. The second-order valence-corrected chi connectivity index (χ2v) is 18.4. The SMILES string of the molecule is CCOC(C)O[C@]1(C)CC[C@@H](O[Si](C)(C)C(C)(C)C)CC(=O)O[C@H](/C(C)=C/C=C/[C@@H](C)c2ccccn2)[C@@H](C)/C=C/[C@@H]1O. The minimum Gasteiger partial charge on any atom is -0.457 e.